The number of nitrogens with one attached hydrogen (secondary N) is 2. The SMILES string of the molecule is CCCOc1ccc(C(=O)c2ccnc(Nc3cc(NC(C)=O)c(N(C)CCN(C)C)cc3OC)n2)cc1. The monoisotopic (exact) mass is 520 g/mol. The van der Waals surface area contributed by atoms with E-state index in [1.165, 1.54) is 13.1 Å². The molecule has 10 nitrogen and oxygen atoms in total. The zero-order chi connectivity index (χ0) is 27.7. The molecule has 0 spiro atoms. The number of hydrogen-bond donors (Lipinski definition) is 2. The smallest absolute Gasteiger partial charge is 0.227 e. The van der Waals surface area contributed by atoms with Gasteiger partial charge in [-0.25, -0.2) is 9.97 Å². The molecule has 0 aliphatic heterocycles. The van der Waals surface area contributed by atoms with Gasteiger partial charge < -0.3 is 29.9 Å². The Labute approximate surface area is 224 Å². The van der Waals surface area contributed by atoms with Crippen LogP contribution >= 0.6 is 0 Å². The fourth-order valence-electron chi connectivity index (χ4n) is 3.65. The molecule has 1 aromatic heterocycles. The number of nitrogens with zero attached hydrogens (tertiary/aromatic N) is 4. The first kappa shape index (κ1) is 28.4. The molecule has 3 rings (SSSR count). The van der Waals surface area contributed by atoms with Crippen molar-refractivity contribution in [3.63, 3.8) is 0 Å². The van der Waals surface area contributed by atoms with Gasteiger partial charge in [0.1, 0.15) is 17.2 Å². The zero-order valence-corrected chi connectivity index (χ0v) is 22.9. The molecular weight excluding hydrogens is 484 g/mol. The Morgan fingerprint density at radius 2 is 1.74 bits per heavy atom. The molecule has 0 aliphatic carbocycles. The molecule has 0 aliphatic rings. The number of hydrogen-bond acceptors (Lipinski definition) is 9. The van der Waals surface area contributed by atoms with Crippen molar-refractivity contribution >= 4 is 34.7 Å². The Morgan fingerprint density at radius 3 is 2.37 bits per heavy atom. The van der Waals surface area contributed by atoms with E-state index in [1.807, 2.05) is 39.0 Å². The number of aromatic nitrogens is 2. The number of anilines is 4. The largest absolute Gasteiger partial charge is 0.494 e. The second kappa shape index (κ2) is 13.4. The number of rotatable bonds is 13. The predicted octanol–water partition coefficient (Wildman–Crippen LogP) is 4.20. The van der Waals surface area contributed by atoms with E-state index in [0.29, 0.717) is 35.0 Å². The highest BCUT2D eigenvalue weighted by atomic mass is 16.5. The van der Waals surface area contributed by atoms with Crippen molar-refractivity contribution in [3.05, 3.63) is 59.9 Å². The van der Waals surface area contributed by atoms with Gasteiger partial charge in [0, 0.05) is 44.9 Å². The molecule has 202 valence electrons. The Morgan fingerprint density at radius 1 is 1.00 bits per heavy atom. The average molecular weight is 521 g/mol. The molecule has 0 saturated heterocycles. The molecule has 0 bridgehead atoms. The van der Waals surface area contributed by atoms with Crippen LogP contribution in [0, 0.1) is 0 Å². The molecule has 0 unspecified atom stereocenters. The lowest BCUT2D eigenvalue weighted by atomic mass is 10.1. The number of likely N-dealkylation sites (N-methyl/N-ethyl adjacent to an activating group) is 2. The number of methoxy groups -OCH3 is 1. The van der Waals surface area contributed by atoms with Gasteiger partial charge >= 0.3 is 0 Å². The molecule has 1 heterocycles. The second-order valence-electron chi connectivity index (χ2n) is 9.07. The van der Waals surface area contributed by atoms with Gasteiger partial charge in [0.15, 0.2) is 0 Å². The lowest BCUT2D eigenvalue weighted by Gasteiger charge is -2.25. The highest BCUT2D eigenvalue weighted by molar-refractivity contribution is 6.07. The average Bonchev–Trinajstić information content (AvgIpc) is 2.90. The van der Waals surface area contributed by atoms with Gasteiger partial charge in [-0.1, -0.05) is 6.92 Å². The van der Waals surface area contributed by atoms with Crippen molar-refractivity contribution in [3.8, 4) is 11.5 Å². The van der Waals surface area contributed by atoms with E-state index >= 15 is 0 Å². The van der Waals surface area contributed by atoms with Crippen molar-refractivity contribution < 1.29 is 19.1 Å². The molecule has 0 radical (unpaired) electrons. The first-order valence-corrected chi connectivity index (χ1v) is 12.4. The number of ketones is 1. The Balaban J connectivity index is 1.87. The van der Waals surface area contributed by atoms with Gasteiger partial charge in [-0.05, 0) is 56.9 Å². The van der Waals surface area contributed by atoms with Crippen molar-refractivity contribution in [2.75, 3.05) is 63.5 Å². The number of carbonyl (C=O) groups is 2. The maximum atomic E-state index is 13.1. The minimum Gasteiger partial charge on any atom is -0.494 e. The van der Waals surface area contributed by atoms with Gasteiger partial charge in [0.05, 0.1) is 30.8 Å². The third kappa shape index (κ3) is 7.66. The van der Waals surface area contributed by atoms with E-state index in [-0.39, 0.29) is 23.3 Å². The van der Waals surface area contributed by atoms with Crippen molar-refractivity contribution in [1.82, 2.24) is 14.9 Å². The van der Waals surface area contributed by atoms with Crippen LogP contribution in [0.5, 0.6) is 11.5 Å². The second-order valence-corrected chi connectivity index (χ2v) is 9.07. The molecule has 0 fully saturated rings. The fourth-order valence-corrected chi connectivity index (χ4v) is 3.65. The molecule has 10 heteroatoms. The Hall–Kier alpha value is -4.18. The summed E-state index contributed by atoms with van der Waals surface area (Å²) >= 11 is 0. The van der Waals surface area contributed by atoms with Gasteiger partial charge in [-0.3, -0.25) is 9.59 Å². The molecule has 2 aromatic carbocycles. The van der Waals surface area contributed by atoms with E-state index in [4.69, 9.17) is 9.47 Å². The zero-order valence-electron chi connectivity index (χ0n) is 22.9. The lowest BCUT2D eigenvalue weighted by molar-refractivity contribution is -0.114. The highest BCUT2D eigenvalue weighted by Gasteiger charge is 2.17. The molecule has 3 aromatic rings. The number of carbonyl (C=O) groups excluding carboxylic acids is 2. The quantitative estimate of drug-likeness (QED) is 0.320. The van der Waals surface area contributed by atoms with E-state index in [9.17, 15) is 9.59 Å². The van der Waals surface area contributed by atoms with Crippen molar-refractivity contribution in [2.45, 2.75) is 20.3 Å². The van der Waals surface area contributed by atoms with Gasteiger partial charge in [0.2, 0.25) is 17.6 Å². The summed E-state index contributed by atoms with van der Waals surface area (Å²) in [4.78, 5) is 37.8. The number of ether oxygens (including phenoxy) is 2. The van der Waals surface area contributed by atoms with Gasteiger partial charge in [-0.2, -0.15) is 0 Å². The summed E-state index contributed by atoms with van der Waals surface area (Å²) in [5.41, 5.74) is 2.70. The van der Waals surface area contributed by atoms with Crippen LogP contribution in [0.1, 0.15) is 36.3 Å². The standard InChI is InChI=1S/C28H36N6O4/c1-7-16-38-21-10-8-20(9-11-21)27(36)22-12-13-29-28(31-22)32-24-17-23(30-19(2)35)25(18-26(24)37-6)34(5)15-14-33(3)4/h8-13,17-18H,7,14-16H2,1-6H3,(H,30,35)(H,29,31,32). The van der Waals surface area contributed by atoms with Gasteiger partial charge in [-0.15, -0.1) is 0 Å². The normalized spacial score (nSPS) is 10.7. The van der Waals surface area contributed by atoms with E-state index in [2.05, 4.69) is 25.5 Å². The topological polar surface area (TPSA) is 109 Å². The summed E-state index contributed by atoms with van der Waals surface area (Å²) in [6, 6.07) is 12.2. The van der Waals surface area contributed by atoms with Crippen LogP contribution in [0.15, 0.2) is 48.7 Å². The molecular formula is C28H36N6O4. The highest BCUT2D eigenvalue weighted by Crippen LogP contribution is 2.37. The maximum Gasteiger partial charge on any atom is 0.227 e. The minimum absolute atomic E-state index is 0.196. The molecule has 1 amide bonds. The summed E-state index contributed by atoms with van der Waals surface area (Å²) < 4.78 is 11.2. The Kier molecular flexibility index (Phi) is 10.0. The molecule has 2 N–H and O–H groups in total. The summed E-state index contributed by atoms with van der Waals surface area (Å²) in [5, 5.41) is 6.03. The first-order valence-electron chi connectivity index (χ1n) is 12.4. The van der Waals surface area contributed by atoms with Crippen molar-refractivity contribution in [2.24, 2.45) is 0 Å². The van der Waals surface area contributed by atoms with Crippen LogP contribution in [0.2, 0.25) is 0 Å². The van der Waals surface area contributed by atoms with Gasteiger partial charge in [0.25, 0.3) is 0 Å². The van der Waals surface area contributed by atoms with E-state index in [0.717, 1.165) is 25.2 Å². The third-order valence-corrected chi connectivity index (χ3v) is 5.65. The van der Waals surface area contributed by atoms with Crippen molar-refractivity contribution in [1.29, 1.82) is 0 Å². The van der Waals surface area contributed by atoms with Crippen LogP contribution < -0.4 is 25.0 Å². The van der Waals surface area contributed by atoms with E-state index in [1.54, 1.807) is 43.5 Å². The fraction of sp³-hybridized carbons (Fsp3) is 0.357. The van der Waals surface area contributed by atoms with Crippen LogP contribution in [0.3, 0.4) is 0 Å². The van der Waals surface area contributed by atoms with Crippen LogP contribution in [-0.4, -0.2) is 74.5 Å². The Bertz CT molecular complexity index is 1250. The van der Waals surface area contributed by atoms with Crippen LogP contribution in [0.25, 0.3) is 0 Å². The number of benzene rings is 2. The molecule has 0 atom stereocenters. The summed E-state index contributed by atoms with van der Waals surface area (Å²) in [6.45, 7) is 5.69. The molecule has 38 heavy (non-hydrogen) atoms. The van der Waals surface area contributed by atoms with Crippen LogP contribution in [0.4, 0.5) is 23.0 Å². The summed E-state index contributed by atoms with van der Waals surface area (Å²) in [6.07, 6.45) is 2.43. The molecule has 0 saturated carbocycles. The summed E-state index contributed by atoms with van der Waals surface area (Å²) in [5.74, 6) is 1.04. The van der Waals surface area contributed by atoms with Crippen LogP contribution in [-0.2, 0) is 4.79 Å². The third-order valence-electron chi connectivity index (χ3n) is 5.65. The minimum atomic E-state index is -0.235. The van der Waals surface area contributed by atoms with E-state index < -0.39 is 0 Å². The predicted molar refractivity (Wildman–Crippen MR) is 150 cm³/mol. The first-order chi connectivity index (χ1) is 18.2. The number of amides is 1. The summed E-state index contributed by atoms with van der Waals surface area (Å²) in [7, 11) is 7.53. The maximum absolute atomic E-state index is 13.1. The lowest BCUT2D eigenvalue weighted by Crippen LogP contribution is -2.29.